The number of rotatable bonds is 7. The summed E-state index contributed by atoms with van der Waals surface area (Å²) in [6.07, 6.45) is 4.25. The average Bonchev–Trinajstić information content (AvgIpc) is 2.81. The predicted octanol–water partition coefficient (Wildman–Crippen LogP) is 5.52. The summed E-state index contributed by atoms with van der Waals surface area (Å²) in [5.41, 5.74) is 2.21. The van der Waals surface area contributed by atoms with Gasteiger partial charge in [-0.05, 0) is 55.6 Å². The van der Waals surface area contributed by atoms with Gasteiger partial charge in [0.2, 0.25) is 0 Å². The van der Waals surface area contributed by atoms with E-state index >= 15 is 0 Å². The second-order valence-corrected chi connectivity index (χ2v) is 10.6. The fourth-order valence-electron chi connectivity index (χ4n) is 5.42. The Balaban J connectivity index is 1.45. The minimum Gasteiger partial charge on any atom is -0.458 e. The molecule has 0 amide bonds. The fourth-order valence-corrected chi connectivity index (χ4v) is 5.42. The van der Waals surface area contributed by atoms with E-state index < -0.39 is 0 Å². The van der Waals surface area contributed by atoms with Crippen molar-refractivity contribution in [1.82, 2.24) is 9.80 Å². The molecule has 4 nitrogen and oxygen atoms in total. The van der Waals surface area contributed by atoms with Crippen molar-refractivity contribution < 1.29 is 9.53 Å². The van der Waals surface area contributed by atoms with Gasteiger partial charge in [0.05, 0.1) is 0 Å². The van der Waals surface area contributed by atoms with Gasteiger partial charge >= 0.3 is 5.97 Å². The van der Waals surface area contributed by atoms with E-state index in [1.54, 1.807) is 0 Å². The largest absolute Gasteiger partial charge is 0.458 e. The van der Waals surface area contributed by atoms with Crippen molar-refractivity contribution in [1.29, 1.82) is 0 Å². The number of esters is 1. The van der Waals surface area contributed by atoms with Gasteiger partial charge in [-0.15, -0.1) is 0 Å². The van der Waals surface area contributed by atoms with E-state index in [0.29, 0.717) is 12.5 Å². The molecule has 0 N–H and O–H groups in total. The molecule has 0 unspecified atom stereocenters. The summed E-state index contributed by atoms with van der Waals surface area (Å²) in [7, 11) is 0. The van der Waals surface area contributed by atoms with Crippen LogP contribution in [0.25, 0.3) is 0 Å². The average molecular weight is 449 g/mol. The minimum absolute atomic E-state index is 0.0470. The number of ether oxygens (including phenoxy) is 1. The Morgan fingerprint density at radius 1 is 0.939 bits per heavy atom. The summed E-state index contributed by atoms with van der Waals surface area (Å²) < 4.78 is 6.31. The molecule has 0 spiro atoms. The Hall–Kier alpha value is -2.17. The third-order valence-electron chi connectivity index (χ3n) is 7.70. The lowest BCUT2D eigenvalue weighted by Gasteiger charge is -2.43. The second kappa shape index (κ2) is 10.8. The predicted molar refractivity (Wildman–Crippen MR) is 134 cm³/mol. The van der Waals surface area contributed by atoms with Crippen LogP contribution in [0.4, 0.5) is 0 Å². The van der Waals surface area contributed by atoms with Gasteiger partial charge in [-0.25, -0.2) is 0 Å². The highest BCUT2D eigenvalue weighted by molar-refractivity contribution is 5.76. The molecule has 2 aliphatic rings. The molecule has 0 aromatic heterocycles. The summed E-state index contributed by atoms with van der Waals surface area (Å²) >= 11 is 0. The first kappa shape index (κ1) is 24.0. The van der Waals surface area contributed by atoms with Crippen molar-refractivity contribution in [2.75, 3.05) is 19.6 Å². The van der Waals surface area contributed by atoms with Crippen molar-refractivity contribution >= 4 is 5.97 Å². The molecule has 33 heavy (non-hydrogen) atoms. The Morgan fingerprint density at radius 2 is 1.52 bits per heavy atom. The molecule has 0 bridgehead atoms. The van der Waals surface area contributed by atoms with Crippen LogP contribution in [-0.2, 0) is 22.6 Å². The smallest absolute Gasteiger partial charge is 0.325 e. The Kier molecular flexibility index (Phi) is 7.87. The van der Waals surface area contributed by atoms with Gasteiger partial charge in [0.15, 0.2) is 0 Å². The van der Waals surface area contributed by atoms with Crippen LogP contribution >= 0.6 is 0 Å². The highest BCUT2D eigenvalue weighted by Gasteiger charge is 2.40. The quantitative estimate of drug-likeness (QED) is 0.522. The molecule has 1 aliphatic carbocycles. The fraction of sp³-hybridized carbons (Fsp3) is 0.552. The molecule has 0 radical (unpaired) electrons. The summed E-state index contributed by atoms with van der Waals surface area (Å²) in [5.74, 6) is 1.41. The third-order valence-corrected chi connectivity index (χ3v) is 7.70. The van der Waals surface area contributed by atoms with Crippen molar-refractivity contribution in [3.05, 3.63) is 71.8 Å². The van der Waals surface area contributed by atoms with Crippen LogP contribution in [0.15, 0.2) is 60.7 Å². The monoisotopic (exact) mass is 448 g/mol. The molecule has 4 heteroatoms. The third kappa shape index (κ3) is 6.45. The summed E-state index contributed by atoms with van der Waals surface area (Å²) in [6.45, 7) is 11.0. The number of nitrogens with zero attached hydrogens (tertiary/aromatic N) is 2. The van der Waals surface area contributed by atoms with Gasteiger partial charge < -0.3 is 4.74 Å². The lowest BCUT2D eigenvalue weighted by atomic mass is 9.75. The van der Waals surface area contributed by atoms with E-state index in [1.165, 1.54) is 11.1 Å². The highest BCUT2D eigenvalue weighted by atomic mass is 16.6. The molecule has 4 rings (SSSR count). The van der Waals surface area contributed by atoms with Crippen LogP contribution in [-0.4, -0.2) is 47.0 Å². The maximum Gasteiger partial charge on any atom is 0.325 e. The first-order valence-corrected chi connectivity index (χ1v) is 12.7. The number of piperazine rings is 1. The normalized spacial score (nSPS) is 26.9. The number of hydrogen-bond donors (Lipinski definition) is 0. The van der Waals surface area contributed by atoms with Crippen molar-refractivity contribution in [2.24, 2.45) is 11.8 Å². The second-order valence-electron chi connectivity index (χ2n) is 10.6. The summed E-state index contributed by atoms with van der Waals surface area (Å²) in [5, 5.41) is 0. The number of carbonyl (C=O) groups is 1. The lowest BCUT2D eigenvalue weighted by Crippen LogP contribution is -2.57. The zero-order valence-electron chi connectivity index (χ0n) is 20.6. The van der Waals surface area contributed by atoms with E-state index in [0.717, 1.165) is 57.8 Å². The zero-order valence-corrected chi connectivity index (χ0v) is 20.6. The van der Waals surface area contributed by atoms with Gasteiger partial charge in [0.25, 0.3) is 0 Å². The van der Waals surface area contributed by atoms with Crippen LogP contribution in [0.1, 0.15) is 57.6 Å². The van der Waals surface area contributed by atoms with Gasteiger partial charge in [-0.3, -0.25) is 14.6 Å². The van der Waals surface area contributed by atoms with E-state index in [4.69, 9.17) is 4.74 Å². The molecular formula is C29H40N2O2. The van der Waals surface area contributed by atoms with E-state index in [9.17, 15) is 4.79 Å². The number of benzene rings is 2. The van der Waals surface area contributed by atoms with Gasteiger partial charge in [-0.1, -0.05) is 74.5 Å². The SMILES string of the molecule is CC(C)C1CCC(C)(OC(=O)[C@@H]2CN(Cc3ccccc3)CCN2Cc2ccccc2)CC1. The van der Waals surface area contributed by atoms with Gasteiger partial charge in [0, 0.05) is 32.7 Å². The molecule has 2 aromatic carbocycles. The maximum absolute atomic E-state index is 13.6. The molecule has 178 valence electrons. The van der Waals surface area contributed by atoms with E-state index in [1.807, 2.05) is 6.07 Å². The molecule has 1 saturated heterocycles. The molecule has 2 aromatic rings. The van der Waals surface area contributed by atoms with Crippen LogP contribution in [0.2, 0.25) is 0 Å². The molecule has 1 aliphatic heterocycles. The molecule has 1 atom stereocenters. The first-order valence-electron chi connectivity index (χ1n) is 12.7. The first-order chi connectivity index (χ1) is 15.9. The van der Waals surface area contributed by atoms with Gasteiger partial charge in [-0.2, -0.15) is 0 Å². The van der Waals surface area contributed by atoms with Crippen LogP contribution in [0.3, 0.4) is 0 Å². The maximum atomic E-state index is 13.6. The van der Waals surface area contributed by atoms with Crippen molar-refractivity contribution in [3.8, 4) is 0 Å². The summed E-state index contributed by atoms with van der Waals surface area (Å²) in [6, 6.07) is 20.8. The standard InChI is InChI=1S/C29H40N2O2/c1-23(2)26-14-16-29(3,17-15-26)33-28(32)27-22-30(20-24-10-6-4-7-11-24)18-19-31(27)21-25-12-8-5-9-13-25/h4-13,23,26-27H,14-22H2,1-3H3/t26?,27-,29?/m0/s1. The van der Waals surface area contributed by atoms with Crippen molar-refractivity contribution in [2.45, 2.75) is 71.2 Å². The highest BCUT2D eigenvalue weighted by Crippen LogP contribution is 2.38. The van der Waals surface area contributed by atoms with E-state index in [-0.39, 0.29) is 17.6 Å². The van der Waals surface area contributed by atoms with E-state index in [2.05, 4.69) is 85.2 Å². The summed E-state index contributed by atoms with van der Waals surface area (Å²) in [4.78, 5) is 18.3. The molecule has 1 saturated carbocycles. The minimum atomic E-state index is -0.331. The Labute approximate surface area is 199 Å². The Morgan fingerprint density at radius 3 is 2.09 bits per heavy atom. The molecular weight excluding hydrogens is 408 g/mol. The van der Waals surface area contributed by atoms with Crippen LogP contribution < -0.4 is 0 Å². The topological polar surface area (TPSA) is 32.8 Å². The zero-order chi connectivity index (χ0) is 23.3. The molecule has 1 heterocycles. The number of hydrogen-bond acceptors (Lipinski definition) is 4. The van der Waals surface area contributed by atoms with Crippen molar-refractivity contribution in [3.63, 3.8) is 0 Å². The number of carbonyl (C=O) groups excluding carboxylic acids is 1. The van der Waals surface area contributed by atoms with Crippen LogP contribution in [0.5, 0.6) is 0 Å². The van der Waals surface area contributed by atoms with Gasteiger partial charge in [0.1, 0.15) is 11.6 Å². The molecule has 2 fully saturated rings. The lowest BCUT2D eigenvalue weighted by molar-refractivity contribution is -0.172. The Bertz CT molecular complexity index is 875. The van der Waals surface area contributed by atoms with Crippen LogP contribution in [0, 0.1) is 11.8 Å².